The van der Waals surface area contributed by atoms with Crippen molar-refractivity contribution in [3.05, 3.63) is 48.0 Å². The summed E-state index contributed by atoms with van der Waals surface area (Å²) in [5, 5.41) is 2.49. The summed E-state index contributed by atoms with van der Waals surface area (Å²) in [7, 11) is 0. The third kappa shape index (κ3) is 2.66. The molecule has 0 radical (unpaired) electrons. The molecule has 0 aromatic heterocycles. The summed E-state index contributed by atoms with van der Waals surface area (Å²) in [6, 6.07) is 15.1. The molecule has 4 heterocycles. The van der Waals surface area contributed by atoms with Crippen molar-refractivity contribution in [3.63, 3.8) is 0 Å². The van der Waals surface area contributed by atoms with Crippen molar-refractivity contribution in [3.8, 4) is 0 Å². The number of benzene rings is 2. The highest BCUT2D eigenvalue weighted by molar-refractivity contribution is 5.83. The van der Waals surface area contributed by atoms with Crippen LogP contribution in [0.5, 0.6) is 0 Å². The number of rotatable bonds is 1. The summed E-state index contributed by atoms with van der Waals surface area (Å²) in [6.07, 6.45) is 6.05. The van der Waals surface area contributed by atoms with Crippen LogP contribution in [0.2, 0.25) is 0 Å². The summed E-state index contributed by atoms with van der Waals surface area (Å²) < 4.78 is 32.3. The normalized spacial score (nSPS) is 41.7. The molecular formula is C25H28O5. The second kappa shape index (κ2) is 6.75. The Hall–Kier alpha value is -1.50. The molecule has 7 unspecified atom stereocenters. The van der Waals surface area contributed by atoms with E-state index in [1.54, 1.807) is 0 Å². The lowest BCUT2D eigenvalue weighted by atomic mass is 9.83. The van der Waals surface area contributed by atoms with Crippen LogP contribution in [0, 0.1) is 5.92 Å². The molecule has 7 atom stereocenters. The first-order valence-electron chi connectivity index (χ1n) is 11.6. The molecule has 1 aliphatic carbocycles. The molecular weight excluding hydrogens is 380 g/mol. The summed E-state index contributed by atoms with van der Waals surface area (Å²) in [6.45, 7) is 0.716. The zero-order valence-electron chi connectivity index (χ0n) is 17.1. The highest BCUT2D eigenvalue weighted by Crippen LogP contribution is 2.54. The third-order valence-electron chi connectivity index (χ3n) is 7.80. The van der Waals surface area contributed by atoms with Crippen molar-refractivity contribution in [1.82, 2.24) is 0 Å². The van der Waals surface area contributed by atoms with Gasteiger partial charge in [0, 0.05) is 25.4 Å². The topological polar surface area (TPSA) is 46.2 Å². The van der Waals surface area contributed by atoms with Gasteiger partial charge in [-0.25, -0.2) is 0 Å². The van der Waals surface area contributed by atoms with Gasteiger partial charge in [-0.1, -0.05) is 42.8 Å². The van der Waals surface area contributed by atoms with Crippen molar-refractivity contribution >= 4 is 10.8 Å². The predicted octanol–water partition coefficient (Wildman–Crippen LogP) is 4.49. The van der Waals surface area contributed by atoms with Crippen LogP contribution < -0.4 is 0 Å². The quantitative estimate of drug-likeness (QED) is 0.696. The van der Waals surface area contributed by atoms with E-state index < -0.39 is 5.79 Å². The van der Waals surface area contributed by atoms with Crippen LogP contribution in [0.1, 0.15) is 50.2 Å². The van der Waals surface area contributed by atoms with E-state index in [1.165, 1.54) is 22.8 Å². The number of fused-ring (bicyclic) bond motifs is 6. The van der Waals surface area contributed by atoms with Gasteiger partial charge in [0.25, 0.3) is 0 Å². The van der Waals surface area contributed by atoms with Crippen molar-refractivity contribution in [2.45, 2.75) is 81.1 Å². The maximum atomic E-state index is 6.57. The summed E-state index contributed by atoms with van der Waals surface area (Å²) >= 11 is 0. The molecule has 1 saturated carbocycles. The Morgan fingerprint density at radius 1 is 0.800 bits per heavy atom. The van der Waals surface area contributed by atoms with E-state index in [4.69, 9.17) is 23.7 Å². The van der Waals surface area contributed by atoms with Crippen LogP contribution in [0.4, 0.5) is 0 Å². The molecule has 5 aliphatic rings. The molecule has 0 N–H and O–H groups in total. The van der Waals surface area contributed by atoms with Gasteiger partial charge in [0.15, 0.2) is 12.1 Å². The largest absolute Gasteiger partial charge is 0.373 e. The van der Waals surface area contributed by atoms with Crippen molar-refractivity contribution < 1.29 is 23.7 Å². The van der Waals surface area contributed by atoms with E-state index in [9.17, 15) is 0 Å². The molecule has 5 fully saturated rings. The Bertz CT molecular complexity index is 953. The average Bonchev–Trinajstić information content (AvgIpc) is 3.41. The highest BCUT2D eigenvalue weighted by atomic mass is 16.8. The van der Waals surface area contributed by atoms with Crippen LogP contribution in [0.3, 0.4) is 0 Å². The Morgan fingerprint density at radius 3 is 2.57 bits per heavy atom. The Morgan fingerprint density at radius 2 is 1.67 bits per heavy atom. The van der Waals surface area contributed by atoms with E-state index in [-0.39, 0.29) is 42.7 Å². The molecule has 0 amide bonds. The molecule has 0 bridgehead atoms. The molecule has 5 heteroatoms. The lowest BCUT2D eigenvalue weighted by molar-refractivity contribution is -0.245. The smallest absolute Gasteiger partial charge is 0.190 e. The van der Waals surface area contributed by atoms with Gasteiger partial charge in [0.1, 0.15) is 12.2 Å². The zero-order valence-corrected chi connectivity index (χ0v) is 17.1. The van der Waals surface area contributed by atoms with Gasteiger partial charge in [0.05, 0.1) is 18.3 Å². The van der Waals surface area contributed by atoms with Crippen LogP contribution in [0.25, 0.3) is 10.8 Å². The Kier molecular flexibility index (Phi) is 4.07. The van der Waals surface area contributed by atoms with E-state index in [2.05, 4.69) is 42.5 Å². The number of hydrogen-bond acceptors (Lipinski definition) is 5. The fourth-order valence-electron chi connectivity index (χ4n) is 6.40. The fraction of sp³-hybridized carbons (Fsp3) is 0.600. The van der Waals surface area contributed by atoms with Crippen LogP contribution >= 0.6 is 0 Å². The van der Waals surface area contributed by atoms with Crippen molar-refractivity contribution in [2.24, 2.45) is 5.92 Å². The number of ether oxygens (including phenoxy) is 5. The average molecular weight is 408 g/mol. The molecule has 30 heavy (non-hydrogen) atoms. The van der Waals surface area contributed by atoms with Gasteiger partial charge in [-0.2, -0.15) is 0 Å². The maximum absolute atomic E-state index is 6.57. The van der Waals surface area contributed by atoms with Gasteiger partial charge in [-0.3, -0.25) is 0 Å². The van der Waals surface area contributed by atoms with E-state index in [1.807, 2.05) is 0 Å². The molecule has 2 aromatic rings. The molecule has 2 aromatic carbocycles. The Balaban J connectivity index is 1.17. The highest BCUT2D eigenvalue weighted by Gasteiger charge is 2.65. The van der Waals surface area contributed by atoms with Gasteiger partial charge in [-0.15, -0.1) is 0 Å². The van der Waals surface area contributed by atoms with Crippen molar-refractivity contribution in [2.75, 3.05) is 6.61 Å². The minimum absolute atomic E-state index is 0.0224. The van der Waals surface area contributed by atoms with Crippen LogP contribution in [-0.4, -0.2) is 43.1 Å². The minimum Gasteiger partial charge on any atom is -0.373 e. The molecule has 158 valence electrons. The van der Waals surface area contributed by atoms with Gasteiger partial charge in [-0.05, 0) is 41.7 Å². The SMILES string of the molecule is c1ccc2cc(C3OCCC4OC5C6OC7(CCCCC7)OC6OC5C43)ccc2c1. The molecule has 5 nitrogen and oxygen atoms in total. The first-order chi connectivity index (χ1) is 14.8. The Labute approximate surface area is 176 Å². The summed E-state index contributed by atoms with van der Waals surface area (Å²) in [4.78, 5) is 0. The molecule has 1 spiro atoms. The zero-order chi connectivity index (χ0) is 19.7. The molecule has 7 rings (SSSR count). The predicted molar refractivity (Wildman–Crippen MR) is 110 cm³/mol. The minimum atomic E-state index is -0.441. The van der Waals surface area contributed by atoms with Crippen LogP contribution in [-0.2, 0) is 23.7 Å². The van der Waals surface area contributed by atoms with Gasteiger partial charge < -0.3 is 23.7 Å². The van der Waals surface area contributed by atoms with Crippen LogP contribution in [0.15, 0.2) is 42.5 Å². The van der Waals surface area contributed by atoms with E-state index in [0.717, 1.165) is 32.1 Å². The maximum Gasteiger partial charge on any atom is 0.190 e. The first-order valence-corrected chi connectivity index (χ1v) is 11.6. The van der Waals surface area contributed by atoms with E-state index >= 15 is 0 Å². The second-order valence-electron chi connectivity index (χ2n) is 9.54. The first kappa shape index (κ1) is 18.1. The monoisotopic (exact) mass is 408 g/mol. The number of hydrogen-bond donors (Lipinski definition) is 0. The van der Waals surface area contributed by atoms with Crippen molar-refractivity contribution in [1.29, 1.82) is 0 Å². The lowest BCUT2D eigenvalue weighted by Crippen LogP contribution is -2.40. The third-order valence-corrected chi connectivity index (χ3v) is 7.80. The van der Waals surface area contributed by atoms with Gasteiger partial charge in [0.2, 0.25) is 0 Å². The standard InChI is InChI=1S/C25H28O5/c1-4-11-25(12-5-1)29-23-22-21(28-24(23)30-25)19-18(27-22)10-13-26-20(19)17-9-8-15-6-2-3-7-16(15)14-17/h2-3,6-9,14,18-24H,1,4-5,10-13H2. The lowest BCUT2D eigenvalue weighted by Gasteiger charge is -2.36. The summed E-state index contributed by atoms with van der Waals surface area (Å²) in [5.41, 5.74) is 1.21. The van der Waals surface area contributed by atoms with E-state index in [0.29, 0.717) is 6.61 Å². The molecule has 4 aliphatic heterocycles. The second-order valence-corrected chi connectivity index (χ2v) is 9.54. The molecule has 4 saturated heterocycles. The van der Waals surface area contributed by atoms with Gasteiger partial charge >= 0.3 is 0 Å². The fourth-order valence-corrected chi connectivity index (χ4v) is 6.40. The summed E-state index contributed by atoms with van der Waals surface area (Å²) in [5.74, 6) is -0.269.